The second-order valence-corrected chi connectivity index (χ2v) is 9.66. The molecule has 0 aromatic carbocycles. The van der Waals surface area contributed by atoms with Crippen LogP contribution in [-0.4, -0.2) is 64.4 Å². The van der Waals surface area contributed by atoms with Gasteiger partial charge >= 0.3 is 0 Å². The summed E-state index contributed by atoms with van der Waals surface area (Å²) in [5.74, 6) is -0.130. The highest BCUT2D eigenvalue weighted by Gasteiger charge is 2.32. The van der Waals surface area contributed by atoms with E-state index in [1.54, 1.807) is 17.3 Å². The summed E-state index contributed by atoms with van der Waals surface area (Å²) < 4.78 is 1.91. The van der Waals surface area contributed by atoms with E-state index in [4.69, 9.17) is 0 Å². The van der Waals surface area contributed by atoms with Crippen molar-refractivity contribution in [2.24, 2.45) is 5.92 Å². The van der Waals surface area contributed by atoms with E-state index in [0.717, 1.165) is 38.9 Å². The van der Waals surface area contributed by atoms with Gasteiger partial charge in [0.15, 0.2) is 0 Å². The molecule has 3 rings (SSSR count). The number of hydrogen-bond donors (Lipinski definition) is 1. The lowest BCUT2D eigenvalue weighted by Gasteiger charge is -2.26. The van der Waals surface area contributed by atoms with Crippen LogP contribution in [0.2, 0.25) is 0 Å². The molecule has 2 amide bonds. The monoisotopic (exact) mass is 444 g/mol. The van der Waals surface area contributed by atoms with Gasteiger partial charge in [-0.2, -0.15) is 0 Å². The fourth-order valence-electron chi connectivity index (χ4n) is 5.19. The highest BCUT2D eigenvalue weighted by Crippen LogP contribution is 2.25. The number of carbonyl (C=O) groups is 2. The van der Waals surface area contributed by atoms with Crippen molar-refractivity contribution < 1.29 is 9.59 Å². The van der Waals surface area contributed by atoms with Gasteiger partial charge in [-0.1, -0.05) is 33.1 Å². The molecule has 1 saturated heterocycles. The van der Waals surface area contributed by atoms with Crippen LogP contribution in [0.25, 0.3) is 0 Å². The van der Waals surface area contributed by atoms with Crippen LogP contribution < -0.4 is 10.7 Å². The van der Waals surface area contributed by atoms with Crippen LogP contribution in [0.1, 0.15) is 86.9 Å². The molecular formula is C25H40N4O3. The normalized spacial score (nSPS) is 19.7. The summed E-state index contributed by atoms with van der Waals surface area (Å²) in [6.07, 6.45) is 10.3. The van der Waals surface area contributed by atoms with Gasteiger partial charge in [0.2, 0.25) is 5.43 Å². The standard InChI is InChI=1S/C25H40N4O3/c1-5-28(6-2)20-12-13-29(15-20)25(32)22-17-27(14-19-10-8-7-9-11-19)16-21(23(22)30)24(31)26-18(3)4/h16-20H,5-15H2,1-4H3,(H,26,31). The molecule has 1 aliphatic carbocycles. The van der Waals surface area contributed by atoms with Gasteiger partial charge in [0, 0.05) is 44.1 Å². The Morgan fingerprint density at radius 2 is 1.72 bits per heavy atom. The Hall–Kier alpha value is -2.15. The van der Waals surface area contributed by atoms with Crippen molar-refractivity contribution in [2.45, 2.75) is 84.8 Å². The number of aromatic nitrogens is 1. The lowest BCUT2D eigenvalue weighted by atomic mass is 9.89. The molecule has 0 spiro atoms. The van der Waals surface area contributed by atoms with Gasteiger partial charge in [0.05, 0.1) is 0 Å². The number of nitrogens with one attached hydrogen (secondary N) is 1. The second kappa shape index (κ2) is 11.1. The van der Waals surface area contributed by atoms with Crippen LogP contribution in [-0.2, 0) is 6.54 Å². The van der Waals surface area contributed by atoms with E-state index in [0.29, 0.717) is 25.0 Å². The number of pyridine rings is 1. The predicted molar refractivity (Wildman–Crippen MR) is 127 cm³/mol. The number of nitrogens with zero attached hydrogens (tertiary/aromatic N) is 3. The van der Waals surface area contributed by atoms with Crippen molar-refractivity contribution in [1.82, 2.24) is 19.7 Å². The van der Waals surface area contributed by atoms with E-state index in [1.165, 1.54) is 19.3 Å². The molecule has 1 saturated carbocycles. The van der Waals surface area contributed by atoms with Gasteiger partial charge < -0.3 is 14.8 Å². The van der Waals surface area contributed by atoms with E-state index in [2.05, 4.69) is 24.1 Å². The average Bonchev–Trinajstić information content (AvgIpc) is 3.25. The molecule has 1 unspecified atom stereocenters. The molecule has 2 heterocycles. The van der Waals surface area contributed by atoms with Crippen LogP contribution in [0.15, 0.2) is 17.2 Å². The number of rotatable bonds is 8. The Labute approximate surface area is 192 Å². The second-order valence-electron chi connectivity index (χ2n) is 9.66. The van der Waals surface area contributed by atoms with Gasteiger partial charge in [-0.05, 0) is 52.1 Å². The topological polar surface area (TPSA) is 74.7 Å². The maximum atomic E-state index is 13.4. The SMILES string of the molecule is CCN(CC)C1CCN(C(=O)c2cn(CC3CCCCC3)cc(C(=O)NC(C)C)c2=O)C1. The summed E-state index contributed by atoms with van der Waals surface area (Å²) in [5, 5.41) is 2.82. The molecule has 1 aromatic rings. The third-order valence-electron chi connectivity index (χ3n) is 6.95. The molecule has 1 atom stereocenters. The van der Waals surface area contributed by atoms with E-state index >= 15 is 0 Å². The third-order valence-corrected chi connectivity index (χ3v) is 6.95. The number of likely N-dealkylation sites (tertiary alicyclic amines) is 1. The van der Waals surface area contributed by atoms with Crippen molar-refractivity contribution in [3.63, 3.8) is 0 Å². The lowest BCUT2D eigenvalue weighted by Crippen LogP contribution is -2.41. The minimum atomic E-state index is -0.459. The Morgan fingerprint density at radius 1 is 1.06 bits per heavy atom. The molecule has 7 nitrogen and oxygen atoms in total. The summed E-state index contributed by atoms with van der Waals surface area (Å²) in [4.78, 5) is 43.6. The fourth-order valence-corrected chi connectivity index (χ4v) is 5.19. The summed E-state index contributed by atoms with van der Waals surface area (Å²) in [6.45, 7) is 11.9. The Balaban J connectivity index is 1.89. The van der Waals surface area contributed by atoms with Crippen LogP contribution in [0.3, 0.4) is 0 Å². The highest BCUT2D eigenvalue weighted by molar-refractivity contribution is 5.99. The molecule has 7 heteroatoms. The minimum absolute atomic E-state index is 0.0693. The fraction of sp³-hybridized carbons (Fsp3) is 0.720. The maximum Gasteiger partial charge on any atom is 0.259 e. The van der Waals surface area contributed by atoms with Crippen molar-refractivity contribution >= 4 is 11.8 Å². The molecule has 32 heavy (non-hydrogen) atoms. The Morgan fingerprint density at radius 3 is 2.34 bits per heavy atom. The van der Waals surface area contributed by atoms with Crippen molar-refractivity contribution in [1.29, 1.82) is 0 Å². The summed E-state index contributed by atoms with van der Waals surface area (Å²) in [5.41, 5.74) is -0.267. The van der Waals surface area contributed by atoms with Crippen LogP contribution in [0, 0.1) is 5.92 Å². The molecule has 1 aliphatic heterocycles. The molecule has 0 bridgehead atoms. The van der Waals surface area contributed by atoms with Gasteiger partial charge in [-0.15, -0.1) is 0 Å². The number of amides is 2. The number of hydrogen-bond acceptors (Lipinski definition) is 4. The van der Waals surface area contributed by atoms with E-state index in [9.17, 15) is 14.4 Å². The van der Waals surface area contributed by atoms with Gasteiger partial charge in [-0.3, -0.25) is 19.3 Å². The highest BCUT2D eigenvalue weighted by atomic mass is 16.2. The van der Waals surface area contributed by atoms with Crippen molar-refractivity contribution in [3.8, 4) is 0 Å². The summed E-state index contributed by atoms with van der Waals surface area (Å²) in [7, 11) is 0. The van der Waals surface area contributed by atoms with Crippen molar-refractivity contribution in [2.75, 3.05) is 26.2 Å². The van der Waals surface area contributed by atoms with Crippen molar-refractivity contribution in [3.05, 3.63) is 33.7 Å². The number of carbonyl (C=O) groups excluding carboxylic acids is 2. The predicted octanol–water partition coefficient (Wildman–Crippen LogP) is 3.12. The van der Waals surface area contributed by atoms with E-state index in [-0.39, 0.29) is 23.1 Å². The average molecular weight is 445 g/mol. The van der Waals surface area contributed by atoms with Crippen LogP contribution in [0.5, 0.6) is 0 Å². The zero-order valence-corrected chi connectivity index (χ0v) is 20.2. The quantitative estimate of drug-likeness (QED) is 0.669. The third kappa shape index (κ3) is 5.80. The molecule has 178 valence electrons. The molecule has 1 aromatic heterocycles. The van der Waals surface area contributed by atoms with Gasteiger partial charge in [-0.25, -0.2) is 0 Å². The molecule has 2 fully saturated rings. The van der Waals surface area contributed by atoms with Crippen LogP contribution in [0.4, 0.5) is 0 Å². The molecule has 0 radical (unpaired) electrons. The smallest absolute Gasteiger partial charge is 0.259 e. The number of likely N-dealkylation sites (N-methyl/N-ethyl adjacent to an activating group) is 1. The Kier molecular flexibility index (Phi) is 8.51. The molecule has 1 N–H and O–H groups in total. The zero-order chi connectivity index (χ0) is 23.3. The van der Waals surface area contributed by atoms with Gasteiger partial charge in [0.25, 0.3) is 11.8 Å². The summed E-state index contributed by atoms with van der Waals surface area (Å²) >= 11 is 0. The molecule has 2 aliphatic rings. The first kappa shape index (κ1) is 24.5. The molecular weight excluding hydrogens is 404 g/mol. The minimum Gasteiger partial charge on any atom is -0.352 e. The zero-order valence-electron chi connectivity index (χ0n) is 20.2. The van der Waals surface area contributed by atoms with E-state index < -0.39 is 11.3 Å². The Bertz CT molecular complexity index is 853. The first-order valence-corrected chi connectivity index (χ1v) is 12.4. The lowest BCUT2D eigenvalue weighted by molar-refractivity contribution is 0.0775. The maximum absolute atomic E-state index is 13.4. The summed E-state index contributed by atoms with van der Waals surface area (Å²) in [6, 6.07) is 0.243. The largest absolute Gasteiger partial charge is 0.352 e. The first-order chi connectivity index (χ1) is 15.3. The van der Waals surface area contributed by atoms with E-state index in [1.807, 2.05) is 18.4 Å². The first-order valence-electron chi connectivity index (χ1n) is 12.4. The van der Waals surface area contributed by atoms with Gasteiger partial charge in [0.1, 0.15) is 11.1 Å². The van der Waals surface area contributed by atoms with Crippen LogP contribution >= 0.6 is 0 Å².